The molecule has 0 spiro atoms. The van der Waals surface area contributed by atoms with E-state index in [2.05, 4.69) is 5.32 Å². The summed E-state index contributed by atoms with van der Waals surface area (Å²) in [5, 5.41) is 3.25. The predicted octanol–water partition coefficient (Wildman–Crippen LogP) is 2.07. The summed E-state index contributed by atoms with van der Waals surface area (Å²) in [5.74, 6) is -2.77. The van der Waals surface area contributed by atoms with E-state index in [1.807, 2.05) is 11.8 Å². The summed E-state index contributed by atoms with van der Waals surface area (Å²) in [5.41, 5.74) is 0.103. The molecule has 0 amide bonds. The van der Waals surface area contributed by atoms with Crippen LogP contribution in [0, 0.1) is 0 Å². The zero-order valence-electron chi connectivity index (χ0n) is 10.00. The molecule has 2 nitrogen and oxygen atoms in total. The minimum atomic E-state index is -2.77. The topological polar surface area (TPSA) is 15.3 Å². The third-order valence-electron chi connectivity index (χ3n) is 3.07. The average Bonchev–Trinajstić information content (AvgIpc) is 2.29. The molecule has 1 fully saturated rings. The molecule has 94 valence electrons. The van der Waals surface area contributed by atoms with Crippen molar-refractivity contribution in [2.45, 2.75) is 18.9 Å². The molecule has 1 heterocycles. The second-order valence-corrected chi connectivity index (χ2v) is 4.66. The maximum absolute atomic E-state index is 14.0. The lowest BCUT2D eigenvalue weighted by molar-refractivity contribution is -0.0427. The average molecular weight is 240 g/mol. The van der Waals surface area contributed by atoms with Gasteiger partial charge in [0, 0.05) is 31.2 Å². The molecular formula is C13H18F2N2. The van der Waals surface area contributed by atoms with E-state index in [9.17, 15) is 8.78 Å². The van der Waals surface area contributed by atoms with Crippen LogP contribution >= 0.6 is 0 Å². The zero-order valence-corrected chi connectivity index (χ0v) is 10.00. The number of halogens is 2. The number of benzene rings is 1. The van der Waals surface area contributed by atoms with Gasteiger partial charge in [-0.25, -0.2) is 0 Å². The molecule has 0 bridgehead atoms. The Hall–Kier alpha value is -1.00. The highest BCUT2D eigenvalue weighted by Crippen LogP contribution is 2.28. The fraction of sp³-hybridized carbons (Fsp3) is 0.538. The van der Waals surface area contributed by atoms with Crippen molar-refractivity contribution < 1.29 is 8.78 Å². The molecular weight excluding hydrogens is 222 g/mol. The number of hydrogen-bond acceptors (Lipinski definition) is 2. The Labute approximate surface area is 101 Å². The Kier molecular flexibility index (Phi) is 3.74. The van der Waals surface area contributed by atoms with Crippen LogP contribution in [0.4, 0.5) is 8.78 Å². The van der Waals surface area contributed by atoms with Gasteiger partial charge in [-0.15, -0.1) is 0 Å². The summed E-state index contributed by atoms with van der Waals surface area (Å²) in [6.45, 7) is 3.98. The number of alkyl halides is 2. The summed E-state index contributed by atoms with van der Waals surface area (Å²) in [6, 6.07) is 8.34. The van der Waals surface area contributed by atoms with Gasteiger partial charge in [0.1, 0.15) is 0 Å². The molecule has 1 aromatic rings. The van der Waals surface area contributed by atoms with Gasteiger partial charge >= 0.3 is 0 Å². The molecule has 0 aromatic heterocycles. The van der Waals surface area contributed by atoms with Crippen molar-refractivity contribution in [1.82, 2.24) is 10.2 Å². The Morgan fingerprint density at radius 3 is 2.71 bits per heavy atom. The molecule has 1 aliphatic heterocycles. The molecule has 1 aliphatic rings. The molecule has 0 radical (unpaired) electrons. The Bertz CT molecular complexity index is 354. The first-order valence-corrected chi connectivity index (χ1v) is 5.97. The van der Waals surface area contributed by atoms with Gasteiger partial charge in [-0.3, -0.25) is 4.90 Å². The van der Waals surface area contributed by atoms with Gasteiger partial charge < -0.3 is 5.32 Å². The van der Waals surface area contributed by atoms with Crippen LogP contribution in [0.2, 0.25) is 0 Å². The fourth-order valence-electron chi connectivity index (χ4n) is 2.21. The minimum Gasteiger partial charge on any atom is -0.312 e. The van der Waals surface area contributed by atoms with Gasteiger partial charge in [0.15, 0.2) is 0 Å². The molecule has 4 heteroatoms. The van der Waals surface area contributed by atoms with Gasteiger partial charge in [0.2, 0.25) is 0 Å². The molecule has 17 heavy (non-hydrogen) atoms. The van der Waals surface area contributed by atoms with Crippen molar-refractivity contribution in [3.8, 4) is 0 Å². The van der Waals surface area contributed by atoms with E-state index in [1.165, 1.54) is 12.1 Å². The first kappa shape index (κ1) is 12.5. The first-order valence-electron chi connectivity index (χ1n) is 5.97. The van der Waals surface area contributed by atoms with Crippen LogP contribution in [-0.2, 0) is 5.92 Å². The van der Waals surface area contributed by atoms with Crippen molar-refractivity contribution >= 4 is 0 Å². The third-order valence-corrected chi connectivity index (χ3v) is 3.07. The summed E-state index contributed by atoms with van der Waals surface area (Å²) >= 11 is 0. The Morgan fingerprint density at radius 1 is 1.35 bits per heavy atom. The molecule has 0 unspecified atom stereocenters. The largest absolute Gasteiger partial charge is 0.312 e. The molecule has 0 saturated carbocycles. The predicted molar refractivity (Wildman–Crippen MR) is 64.2 cm³/mol. The number of piperazine rings is 1. The van der Waals surface area contributed by atoms with Gasteiger partial charge in [0.25, 0.3) is 5.92 Å². The Morgan fingerprint density at radius 2 is 2.06 bits per heavy atom. The van der Waals surface area contributed by atoms with Crippen LogP contribution in [0.15, 0.2) is 30.3 Å². The summed E-state index contributed by atoms with van der Waals surface area (Å²) in [4.78, 5) is 1.83. The SMILES string of the molecule is C[C@H]1CN(CC(F)(F)c2ccccc2)CCN1. The number of hydrogen-bond donors (Lipinski definition) is 1. The number of nitrogens with zero attached hydrogens (tertiary/aromatic N) is 1. The van der Waals surface area contributed by atoms with E-state index in [-0.39, 0.29) is 18.2 Å². The van der Waals surface area contributed by atoms with E-state index in [4.69, 9.17) is 0 Å². The lowest BCUT2D eigenvalue weighted by Gasteiger charge is -2.34. The van der Waals surface area contributed by atoms with Crippen LogP contribution in [0.5, 0.6) is 0 Å². The van der Waals surface area contributed by atoms with Gasteiger partial charge in [-0.1, -0.05) is 30.3 Å². The van der Waals surface area contributed by atoms with E-state index in [0.717, 1.165) is 6.54 Å². The minimum absolute atomic E-state index is 0.103. The normalized spacial score (nSPS) is 22.6. The lowest BCUT2D eigenvalue weighted by Crippen LogP contribution is -2.51. The summed E-state index contributed by atoms with van der Waals surface area (Å²) in [6.07, 6.45) is 0. The maximum Gasteiger partial charge on any atom is 0.285 e. The fourth-order valence-corrected chi connectivity index (χ4v) is 2.21. The highest BCUT2D eigenvalue weighted by atomic mass is 19.3. The second kappa shape index (κ2) is 5.10. The highest BCUT2D eigenvalue weighted by Gasteiger charge is 2.34. The summed E-state index contributed by atoms with van der Waals surface area (Å²) in [7, 11) is 0. The van der Waals surface area contributed by atoms with Gasteiger partial charge in [-0.2, -0.15) is 8.78 Å². The van der Waals surface area contributed by atoms with E-state index >= 15 is 0 Å². The van der Waals surface area contributed by atoms with Crippen LogP contribution < -0.4 is 5.32 Å². The summed E-state index contributed by atoms with van der Waals surface area (Å²) < 4.78 is 28.0. The molecule has 1 saturated heterocycles. The quantitative estimate of drug-likeness (QED) is 0.870. The van der Waals surface area contributed by atoms with Crippen molar-refractivity contribution in [1.29, 1.82) is 0 Å². The Balaban J connectivity index is 2.01. The van der Waals surface area contributed by atoms with Crippen molar-refractivity contribution in [3.63, 3.8) is 0 Å². The van der Waals surface area contributed by atoms with Crippen LogP contribution in [0.3, 0.4) is 0 Å². The number of nitrogens with one attached hydrogen (secondary N) is 1. The maximum atomic E-state index is 14.0. The monoisotopic (exact) mass is 240 g/mol. The molecule has 0 aliphatic carbocycles. The van der Waals surface area contributed by atoms with Crippen LogP contribution in [-0.4, -0.2) is 37.1 Å². The van der Waals surface area contributed by atoms with Crippen LogP contribution in [0.1, 0.15) is 12.5 Å². The molecule has 1 atom stereocenters. The standard InChI is InChI=1S/C13H18F2N2/c1-11-9-17(8-7-16-11)10-13(14,15)12-5-3-2-4-6-12/h2-6,11,16H,7-10H2,1H3/t11-/m0/s1. The molecule has 2 rings (SSSR count). The molecule has 1 N–H and O–H groups in total. The second-order valence-electron chi connectivity index (χ2n) is 4.66. The van der Waals surface area contributed by atoms with E-state index in [0.29, 0.717) is 13.1 Å². The third kappa shape index (κ3) is 3.23. The van der Waals surface area contributed by atoms with Crippen molar-refractivity contribution in [3.05, 3.63) is 35.9 Å². The van der Waals surface area contributed by atoms with E-state index < -0.39 is 5.92 Å². The van der Waals surface area contributed by atoms with Gasteiger partial charge in [-0.05, 0) is 6.92 Å². The van der Waals surface area contributed by atoms with Crippen molar-refractivity contribution in [2.24, 2.45) is 0 Å². The lowest BCUT2D eigenvalue weighted by atomic mass is 10.1. The zero-order chi connectivity index (χ0) is 12.3. The first-order chi connectivity index (χ1) is 8.08. The van der Waals surface area contributed by atoms with Gasteiger partial charge in [0.05, 0.1) is 6.54 Å². The smallest absolute Gasteiger partial charge is 0.285 e. The number of rotatable bonds is 3. The van der Waals surface area contributed by atoms with Crippen molar-refractivity contribution in [2.75, 3.05) is 26.2 Å². The highest BCUT2D eigenvalue weighted by molar-refractivity contribution is 5.20. The van der Waals surface area contributed by atoms with Crippen LogP contribution in [0.25, 0.3) is 0 Å². The van der Waals surface area contributed by atoms with E-state index in [1.54, 1.807) is 18.2 Å². The molecule has 1 aromatic carbocycles.